The minimum Gasteiger partial charge on any atom is -0.462 e. The van der Waals surface area contributed by atoms with Crippen molar-refractivity contribution < 1.29 is 28.6 Å². The Bertz CT molecular complexity index is 1460. The molecule has 0 aromatic carbocycles. The lowest BCUT2D eigenvalue weighted by molar-refractivity contribution is -0.167. The third-order valence-electron chi connectivity index (χ3n) is 16.2. The topological polar surface area (TPSA) is 78.9 Å². The second-order valence-electron chi connectivity index (χ2n) is 24.5. The minimum absolute atomic E-state index is 0.0764. The molecule has 1 atom stereocenters. The number of allylic oxidation sites excluding steroid dienone is 10. The van der Waals surface area contributed by atoms with Crippen molar-refractivity contribution in [1.29, 1.82) is 0 Å². The van der Waals surface area contributed by atoms with Crippen molar-refractivity contribution in [3.05, 3.63) is 60.8 Å². The zero-order valence-corrected chi connectivity index (χ0v) is 55.0. The lowest BCUT2D eigenvalue weighted by atomic mass is 10.0. The van der Waals surface area contributed by atoms with Crippen molar-refractivity contribution in [3.8, 4) is 0 Å². The highest BCUT2D eigenvalue weighted by atomic mass is 16.6. The normalized spacial score (nSPS) is 12.4. The van der Waals surface area contributed by atoms with Crippen LogP contribution in [0.1, 0.15) is 387 Å². The summed E-state index contributed by atoms with van der Waals surface area (Å²) >= 11 is 0. The van der Waals surface area contributed by atoms with E-state index in [1.165, 1.54) is 263 Å². The summed E-state index contributed by atoms with van der Waals surface area (Å²) in [4.78, 5) is 38.5. The van der Waals surface area contributed by atoms with E-state index in [1.807, 2.05) is 0 Å². The number of hydrogen-bond donors (Lipinski definition) is 0. The summed E-state index contributed by atoms with van der Waals surface area (Å²) in [7, 11) is 0. The van der Waals surface area contributed by atoms with Crippen LogP contribution in [-0.4, -0.2) is 37.2 Å². The molecule has 478 valence electrons. The minimum atomic E-state index is -0.782. The van der Waals surface area contributed by atoms with E-state index < -0.39 is 6.10 Å². The number of carbonyl (C=O) groups excluding carboxylic acids is 3. The van der Waals surface area contributed by atoms with Crippen LogP contribution in [0.2, 0.25) is 0 Å². The Morgan fingerprint density at radius 2 is 0.451 bits per heavy atom. The van der Waals surface area contributed by atoms with Gasteiger partial charge in [-0.2, -0.15) is 0 Å². The maximum absolute atomic E-state index is 13.0. The molecule has 0 spiro atoms. The van der Waals surface area contributed by atoms with Crippen LogP contribution in [0.4, 0.5) is 0 Å². The number of hydrogen-bond acceptors (Lipinski definition) is 6. The van der Waals surface area contributed by atoms with Gasteiger partial charge in [-0.1, -0.05) is 326 Å². The summed E-state index contributed by atoms with van der Waals surface area (Å²) in [5, 5.41) is 0. The largest absolute Gasteiger partial charge is 0.462 e. The molecule has 0 bridgehead atoms. The van der Waals surface area contributed by atoms with E-state index in [4.69, 9.17) is 14.2 Å². The van der Waals surface area contributed by atoms with Crippen LogP contribution in [-0.2, 0) is 28.6 Å². The summed E-state index contributed by atoms with van der Waals surface area (Å²) in [6.07, 6.45) is 91.1. The first-order valence-electron chi connectivity index (χ1n) is 36.3. The maximum atomic E-state index is 13.0. The standard InChI is InChI=1S/C76H138O6/c1-4-7-10-13-16-19-22-25-28-30-32-34-36-37-38-39-41-42-44-46-48-51-54-57-60-63-66-69-75(78)81-72-73(71-80-74(77)68-65-62-59-56-53-50-27-24-21-18-15-12-9-6-3)82-76(79)70-67-64-61-58-55-52-49-47-45-43-40-35-33-31-29-26-23-20-17-14-11-8-5-2/h15,18,23-24,26-27,30-33,73H,4-14,16-17,19-22,25,28-29,34-72H2,1-3H3/b18-15-,26-23-,27-24-,32-30-,33-31-. The van der Waals surface area contributed by atoms with Crippen LogP contribution >= 0.6 is 0 Å². The van der Waals surface area contributed by atoms with Gasteiger partial charge in [0.25, 0.3) is 0 Å². The second-order valence-corrected chi connectivity index (χ2v) is 24.5. The lowest BCUT2D eigenvalue weighted by Gasteiger charge is -2.18. The zero-order chi connectivity index (χ0) is 59.2. The van der Waals surface area contributed by atoms with Crippen molar-refractivity contribution in [2.24, 2.45) is 0 Å². The number of unbranched alkanes of at least 4 members (excludes halogenated alkanes) is 46. The van der Waals surface area contributed by atoms with Gasteiger partial charge in [-0.05, 0) is 103 Å². The molecule has 6 heteroatoms. The summed E-state index contributed by atoms with van der Waals surface area (Å²) in [5.74, 6) is -0.870. The number of carbonyl (C=O) groups is 3. The van der Waals surface area contributed by atoms with E-state index >= 15 is 0 Å². The van der Waals surface area contributed by atoms with Crippen LogP contribution in [0, 0.1) is 0 Å². The quantitative estimate of drug-likeness (QED) is 0.0261. The molecule has 0 fully saturated rings. The molecule has 1 unspecified atom stereocenters. The molecule has 0 aliphatic carbocycles. The van der Waals surface area contributed by atoms with E-state index in [0.717, 1.165) is 83.5 Å². The average molecular weight is 1150 g/mol. The van der Waals surface area contributed by atoms with Gasteiger partial charge in [0.1, 0.15) is 13.2 Å². The van der Waals surface area contributed by atoms with Gasteiger partial charge in [0.15, 0.2) is 6.10 Å². The maximum Gasteiger partial charge on any atom is 0.306 e. The van der Waals surface area contributed by atoms with Crippen molar-refractivity contribution in [3.63, 3.8) is 0 Å². The Kier molecular flexibility index (Phi) is 68.1. The fraction of sp³-hybridized carbons (Fsp3) is 0.829. The highest BCUT2D eigenvalue weighted by Gasteiger charge is 2.19. The van der Waals surface area contributed by atoms with Crippen molar-refractivity contribution in [2.75, 3.05) is 13.2 Å². The highest BCUT2D eigenvalue weighted by Crippen LogP contribution is 2.18. The van der Waals surface area contributed by atoms with Crippen LogP contribution in [0.5, 0.6) is 0 Å². The number of rotatable bonds is 67. The Hall–Kier alpha value is -2.89. The predicted molar refractivity (Wildman–Crippen MR) is 358 cm³/mol. The van der Waals surface area contributed by atoms with Crippen molar-refractivity contribution in [1.82, 2.24) is 0 Å². The number of esters is 3. The van der Waals surface area contributed by atoms with Gasteiger partial charge >= 0.3 is 17.9 Å². The first-order chi connectivity index (χ1) is 40.5. The van der Waals surface area contributed by atoms with Gasteiger partial charge in [0.05, 0.1) is 0 Å². The molecule has 0 heterocycles. The lowest BCUT2D eigenvalue weighted by Crippen LogP contribution is -2.30. The van der Waals surface area contributed by atoms with Crippen LogP contribution < -0.4 is 0 Å². The van der Waals surface area contributed by atoms with Gasteiger partial charge in [-0.3, -0.25) is 14.4 Å². The molecule has 0 aliphatic heterocycles. The van der Waals surface area contributed by atoms with E-state index in [-0.39, 0.29) is 31.1 Å². The van der Waals surface area contributed by atoms with Crippen molar-refractivity contribution >= 4 is 17.9 Å². The summed E-state index contributed by atoms with van der Waals surface area (Å²) in [5.41, 5.74) is 0. The van der Waals surface area contributed by atoms with Gasteiger partial charge in [-0.15, -0.1) is 0 Å². The third kappa shape index (κ3) is 67.9. The predicted octanol–water partition coefficient (Wildman–Crippen LogP) is 25.1. The van der Waals surface area contributed by atoms with Crippen LogP contribution in [0.25, 0.3) is 0 Å². The molecule has 0 aromatic rings. The second kappa shape index (κ2) is 70.6. The SMILES string of the molecule is CCCC/C=C\C/C=C\CCCCCCCC(=O)OCC(COC(=O)CCCCCCCCCCCCCCCCC/C=C\CCCCCCCCCC)OC(=O)CCCCCCCCCCCCC/C=C\C/C=C\CCCCCCC. The molecule has 6 nitrogen and oxygen atoms in total. The smallest absolute Gasteiger partial charge is 0.306 e. The molecule has 0 N–H and O–H groups in total. The molecular formula is C76H138O6. The van der Waals surface area contributed by atoms with Gasteiger partial charge in [-0.25, -0.2) is 0 Å². The Morgan fingerprint density at radius 3 is 0.720 bits per heavy atom. The van der Waals surface area contributed by atoms with Crippen LogP contribution in [0.15, 0.2) is 60.8 Å². The Balaban J connectivity index is 4.26. The molecule has 0 aromatic heterocycles. The monoisotopic (exact) mass is 1150 g/mol. The first kappa shape index (κ1) is 79.1. The van der Waals surface area contributed by atoms with E-state index in [9.17, 15) is 14.4 Å². The van der Waals surface area contributed by atoms with E-state index in [1.54, 1.807) is 0 Å². The fourth-order valence-corrected chi connectivity index (χ4v) is 10.7. The highest BCUT2D eigenvalue weighted by molar-refractivity contribution is 5.71. The summed E-state index contributed by atoms with van der Waals surface area (Å²) in [6, 6.07) is 0. The summed E-state index contributed by atoms with van der Waals surface area (Å²) < 4.78 is 17.0. The fourth-order valence-electron chi connectivity index (χ4n) is 10.7. The van der Waals surface area contributed by atoms with Gasteiger partial charge in [0.2, 0.25) is 0 Å². The molecular weight excluding hydrogens is 1010 g/mol. The summed E-state index contributed by atoms with van der Waals surface area (Å²) in [6.45, 7) is 6.64. The third-order valence-corrected chi connectivity index (χ3v) is 16.2. The van der Waals surface area contributed by atoms with E-state index in [2.05, 4.69) is 81.5 Å². The molecule has 0 radical (unpaired) electrons. The number of ether oxygens (including phenoxy) is 3. The molecule has 0 aliphatic rings. The molecule has 0 amide bonds. The zero-order valence-electron chi connectivity index (χ0n) is 55.0. The molecule has 0 saturated heterocycles. The first-order valence-corrected chi connectivity index (χ1v) is 36.3. The molecule has 0 saturated carbocycles. The Labute approximate surface area is 510 Å². The van der Waals surface area contributed by atoms with E-state index in [0.29, 0.717) is 19.3 Å². The van der Waals surface area contributed by atoms with Gasteiger partial charge in [0, 0.05) is 19.3 Å². The van der Waals surface area contributed by atoms with Crippen molar-refractivity contribution in [2.45, 2.75) is 393 Å². The Morgan fingerprint density at radius 1 is 0.244 bits per heavy atom. The van der Waals surface area contributed by atoms with Crippen LogP contribution in [0.3, 0.4) is 0 Å². The molecule has 0 rings (SSSR count). The molecule has 82 heavy (non-hydrogen) atoms. The average Bonchev–Trinajstić information content (AvgIpc) is 3.47. The van der Waals surface area contributed by atoms with Gasteiger partial charge < -0.3 is 14.2 Å².